The van der Waals surface area contributed by atoms with Crippen molar-refractivity contribution >= 4 is 17.5 Å². The summed E-state index contributed by atoms with van der Waals surface area (Å²) in [5.41, 5.74) is 1.10. The Kier molecular flexibility index (Phi) is 7.94. The van der Waals surface area contributed by atoms with E-state index in [0.717, 1.165) is 56.0 Å². The van der Waals surface area contributed by atoms with E-state index in [-0.39, 0.29) is 18.6 Å². The zero-order valence-corrected chi connectivity index (χ0v) is 16.8. The zero-order valence-electron chi connectivity index (χ0n) is 16.1. The molecule has 1 amide bonds. The molecule has 150 valence electrons. The maximum absolute atomic E-state index is 12.6. The summed E-state index contributed by atoms with van der Waals surface area (Å²) >= 11 is 6.45. The van der Waals surface area contributed by atoms with Crippen LogP contribution in [-0.2, 0) is 4.79 Å². The van der Waals surface area contributed by atoms with E-state index in [1.807, 2.05) is 18.2 Å². The second-order valence-electron chi connectivity index (χ2n) is 7.84. The first kappa shape index (κ1) is 20.6. The van der Waals surface area contributed by atoms with Crippen molar-refractivity contribution in [1.82, 2.24) is 15.1 Å². The highest BCUT2D eigenvalue weighted by Crippen LogP contribution is 2.29. The standard InChI is InChI=1S/C21H32ClN3O2/c22-19-8-2-1-7-18(19)20(25-11-3-4-12-25)14-23-21(27)16-24-10-5-6-17(15-24)9-13-26/h1-2,7-8,17,20,26H,3-6,9-16H2,(H,23,27). The molecule has 2 unspecified atom stereocenters. The van der Waals surface area contributed by atoms with Crippen molar-refractivity contribution in [3.05, 3.63) is 34.9 Å². The molecule has 3 rings (SSSR count). The van der Waals surface area contributed by atoms with E-state index in [1.165, 1.54) is 12.8 Å². The Morgan fingerprint density at radius 3 is 2.74 bits per heavy atom. The number of aliphatic hydroxyl groups is 1. The molecule has 0 radical (unpaired) electrons. The molecule has 0 saturated carbocycles. The van der Waals surface area contributed by atoms with E-state index in [1.54, 1.807) is 0 Å². The number of halogens is 1. The summed E-state index contributed by atoms with van der Waals surface area (Å²) in [4.78, 5) is 17.2. The summed E-state index contributed by atoms with van der Waals surface area (Å²) in [6.07, 6.45) is 5.50. The number of carbonyl (C=O) groups excluding carboxylic acids is 1. The van der Waals surface area contributed by atoms with Crippen molar-refractivity contribution in [1.29, 1.82) is 0 Å². The third kappa shape index (κ3) is 5.92. The van der Waals surface area contributed by atoms with Gasteiger partial charge in [0.25, 0.3) is 0 Å². The van der Waals surface area contributed by atoms with Gasteiger partial charge in [-0.15, -0.1) is 0 Å². The Labute approximate surface area is 167 Å². The average Bonchev–Trinajstić information content (AvgIpc) is 3.18. The van der Waals surface area contributed by atoms with Crippen LogP contribution in [0.5, 0.6) is 0 Å². The van der Waals surface area contributed by atoms with Crippen LogP contribution in [-0.4, -0.2) is 66.7 Å². The number of benzene rings is 1. The topological polar surface area (TPSA) is 55.8 Å². The Hall–Kier alpha value is -1.14. The van der Waals surface area contributed by atoms with Crippen molar-refractivity contribution in [2.75, 3.05) is 45.9 Å². The summed E-state index contributed by atoms with van der Waals surface area (Å²) in [6, 6.07) is 8.10. The Morgan fingerprint density at radius 2 is 2.00 bits per heavy atom. The first-order chi connectivity index (χ1) is 13.2. The lowest BCUT2D eigenvalue weighted by atomic mass is 9.95. The molecule has 2 aliphatic rings. The molecule has 2 N–H and O–H groups in total. The van der Waals surface area contributed by atoms with E-state index in [4.69, 9.17) is 16.7 Å². The SMILES string of the molecule is O=C(CN1CCCC(CCO)C1)NCC(c1ccccc1Cl)N1CCCC1. The highest BCUT2D eigenvalue weighted by molar-refractivity contribution is 6.31. The number of amides is 1. The lowest BCUT2D eigenvalue weighted by molar-refractivity contribution is -0.122. The van der Waals surface area contributed by atoms with E-state index in [2.05, 4.69) is 21.2 Å². The minimum absolute atomic E-state index is 0.0795. The van der Waals surface area contributed by atoms with Crippen LogP contribution in [0.3, 0.4) is 0 Å². The van der Waals surface area contributed by atoms with Crippen LogP contribution in [0.1, 0.15) is 43.7 Å². The molecular formula is C21H32ClN3O2. The number of nitrogens with zero attached hydrogens (tertiary/aromatic N) is 2. The Balaban J connectivity index is 1.55. The van der Waals surface area contributed by atoms with Crippen LogP contribution >= 0.6 is 11.6 Å². The minimum Gasteiger partial charge on any atom is -0.396 e. The van der Waals surface area contributed by atoms with Crippen molar-refractivity contribution in [3.8, 4) is 0 Å². The van der Waals surface area contributed by atoms with E-state index < -0.39 is 0 Å². The number of aliphatic hydroxyl groups excluding tert-OH is 1. The lowest BCUT2D eigenvalue weighted by Gasteiger charge is -2.32. The second-order valence-corrected chi connectivity index (χ2v) is 8.25. The maximum atomic E-state index is 12.6. The van der Waals surface area contributed by atoms with Crippen LogP contribution in [0.15, 0.2) is 24.3 Å². The first-order valence-electron chi connectivity index (χ1n) is 10.3. The van der Waals surface area contributed by atoms with Gasteiger partial charge in [-0.2, -0.15) is 0 Å². The summed E-state index contributed by atoms with van der Waals surface area (Å²) in [5, 5.41) is 13.1. The molecule has 2 aliphatic heterocycles. The van der Waals surface area contributed by atoms with E-state index >= 15 is 0 Å². The van der Waals surface area contributed by atoms with Crippen LogP contribution < -0.4 is 5.32 Å². The van der Waals surface area contributed by atoms with Crippen LogP contribution in [0.25, 0.3) is 0 Å². The minimum atomic E-state index is 0.0795. The molecule has 5 nitrogen and oxygen atoms in total. The van der Waals surface area contributed by atoms with Gasteiger partial charge in [0.2, 0.25) is 5.91 Å². The average molecular weight is 394 g/mol. The van der Waals surface area contributed by atoms with Gasteiger partial charge in [0, 0.05) is 24.7 Å². The molecule has 2 heterocycles. The van der Waals surface area contributed by atoms with Gasteiger partial charge < -0.3 is 10.4 Å². The Morgan fingerprint density at radius 1 is 1.22 bits per heavy atom. The molecule has 2 atom stereocenters. The number of hydrogen-bond acceptors (Lipinski definition) is 4. The Bertz CT molecular complexity index is 605. The number of piperidine rings is 1. The van der Waals surface area contributed by atoms with Crippen LogP contribution in [0.4, 0.5) is 0 Å². The molecule has 0 aromatic heterocycles. The van der Waals surface area contributed by atoms with Gasteiger partial charge in [-0.1, -0.05) is 29.8 Å². The molecule has 1 aromatic carbocycles. The fraction of sp³-hybridized carbons (Fsp3) is 0.667. The smallest absolute Gasteiger partial charge is 0.234 e. The van der Waals surface area contributed by atoms with Crippen molar-refractivity contribution in [3.63, 3.8) is 0 Å². The number of rotatable bonds is 8. The second kappa shape index (κ2) is 10.4. The molecule has 2 fully saturated rings. The van der Waals surface area contributed by atoms with Gasteiger partial charge in [-0.3, -0.25) is 14.6 Å². The molecule has 0 aliphatic carbocycles. The number of likely N-dealkylation sites (tertiary alicyclic amines) is 2. The third-order valence-corrected chi connectivity index (χ3v) is 6.19. The highest BCUT2D eigenvalue weighted by atomic mass is 35.5. The first-order valence-corrected chi connectivity index (χ1v) is 10.6. The molecular weight excluding hydrogens is 362 g/mol. The fourth-order valence-electron chi connectivity index (χ4n) is 4.42. The normalized spacial score (nSPS) is 22.7. The van der Waals surface area contributed by atoms with Gasteiger partial charge in [-0.05, 0) is 69.3 Å². The summed E-state index contributed by atoms with van der Waals surface area (Å²) in [5.74, 6) is 0.591. The number of carbonyl (C=O) groups is 1. The van der Waals surface area contributed by atoms with E-state index in [0.29, 0.717) is 19.0 Å². The van der Waals surface area contributed by atoms with Gasteiger partial charge in [-0.25, -0.2) is 0 Å². The third-order valence-electron chi connectivity index (χ3n) is 5.85. The predicted octanol–water partition coefficient (Wildman–Crippen LogP) is 2.69. The zero-order chi connectivity index (χ0) is 19.1. The van der Waals surface area contributed by atoms with E-state index in [9.17, 15) is 4.79 Å². The molecule has 6 heteroatoms. The largest absolute Gasteiger partial charge is 0.396 e. The molecule has 0 bridgehead atoms. The van der Waals surface area contributed by atoms with Crippen molar-refractivity contribution in [2.24, 2.45) is 5.92 Å². The fourth-order valence-corrected chi connectivity index (χ4v) is 4.68. The molecule has 0 spiro atoms. The van der Waals surface area contributed by atoms with Gasteiger partial charge in [0.15, 0.2) is 0 Å². The molecule has 1 aromatic rings. The monoisotopic (exact) mass is 393 g/mol. The maximum Gasteiger partial charge on any atom is 0.234 e. The number of nitrogens with one attached hydrogen (secondary N) is 1. The van der Waals surface area contributed by atoms with Crippen LogP contribution in [0.2, 0.25) is 5.02 Å². The van der Waals surface area contributed by atoms with Gasteiger partial charge in [0.1, 0.15) is 0 Å². The molecule has 27 heavy (non-hydrogen) atoms. The molecule has 2 saturated heterocycles. The quantitative estimate of drug-likeness (QED) is 0.713. The summed E-state index contributed by atoms with van der Waals surface area (Å²) < 4.78 is 0. The van der Waals surface area contributed by atoms with Gasteiger partial charge >= 0.3 is 0 Å². The summed E-state index contributed by atoms with van der Waals surface area (Å²) in [7, 11) is 0. The van der Waals surface area contributed by atoms with Gasteiger partial charge in [0.05, 0.1) is 12.6 Å². The van der Waals surface area contributed by atoms with Crippen molar-refractivity contribution < 1.29 is 9.90 Å². The summed E-state index contributed by atoms with van der Waals surface area (Å²) in [6.45, 7) is 5.26. The predicted molar refractivity (Wildman–Crippen MR) is 109 cm³/mol. The van der Waals surface area contributed by atoms with Crippen LogP contribution in [0, 0.1) is 5.92 Å². The van der Waals surface area contributed by atoms with Crippen molar-refractivity contribution in [2.45, 2.75) is 38.1 Å². The lowest BCUT2D eigenvalue weighted by Crippen LogP contribution is -2.44. The highest BCUT2D eigenvalue weighted by Gasteiger charge is 2.26. The number of hydrogen-bond donors (Lipinski definition) is 2.